The lowest BCUT2D eigenvalue weighted by molar-refractivity contribution is 0.363. The van der Waals surface area contributed by atoms with E-state index >= 15 is 0 Å². The maximum Gasteiger partial charge on any atom is 0.195 e. The Morgan fingerprint density at radius 1 is 0.938 bits per heavy atom. The highest BCUT2D eigenvalue weighted by molar-refractivity contribution is 5.30. The van der Waals surface area contributed by atoms with E-state index in [0.29, 0.717) is 23.8 Å². The first-order chi connectivity index (χ1) is 14.9. The van der Waals surface area contributed by atoms with Crippen LogP contribution < -0.4 is 0 Å². The number of hydrogen-bond donors (Lipinski definition) is 0. The molecule has 5 heteroatoms. The van der Waals surface area contributed by atoms with Gasteiger partial charge in [-0.15, -0.1) is 0 Å². The van der Waals surface area contributed by atoms with Gasteiger partial charge >= 0.3 is 0 Å². The van der Waals surface area contributed by atoms with Gasteiger partial charge in [-0.25, -0.2) is 15.0 Å². The van der Waals surface area contributed by atoms with Gasteiger partial charge in [-0.1, -0.05) is 78.8 Å². The van der Waals surface area contributed by atoms with Gasteiger partial charge in [0.1, 0.15) is 18.2 Å². The van der Waals surface area contributed by atoms with E-state index in [4.69, 9.17) is 4.42 Å². The van der Waals surface area contributed by atoms with E-state index in [1.54, 1.807) is 6.33 Å². The van der Waals surface area contributed by atoms with E-state index in [0.717, 1.165) is 24.2 Å². The summed E-state index contributed by atoms with van der Waals surface area (Å²) in [5, 5.41) is 9.42. The zero-order valence-electron chi connectivity index (χ0n) is 20.4. The van der Waals surface area contributed by atoms with Crippen molar-refractivity contribution in [3.8, 4) is 6.07 Å². The van der Waals surface area contributed by atoms with Crippen LogP contribution in [-0.4, -0.2) is 15.0 Å². The number of nitrogens with zero attached hydrogens (tertiary/aromatic N) is 4. The first-order valence-electron chi connectivity index (χ1n) is 11.2. The molecule has 0 aliphatic rings. The molecule has 3 aromatic rings. The van der Waals surface area contributed by atoms with Gasteiger partial charge in [-0.2, -0.15) is 5.26 Å². The largest absolute Gasteiger partial charge is 0.444 e. The molecule has 2 heterocycles. The number of nitriles is 1. The molecule has 0 saturated heterocycles. The van der Waals surface area contributed by atoms with Crippen LogP contribution in [0.3, 0.4) is 0 Å². The van der Waals surface area contributed by atoms with Crippen LogP contribution in [-0.2, 0) is 29.1 Å². The smallest absolute Gasteiger partial charge is 0.195 e. The third-order valence-electron chi connectivity index (χ3n) is 6.02. The second-order valence-corrected chi connectivity index (χ2v) is 10.9. The lowest BCUT2D eigenvalue weighted by atomic mass is 9.79. The fourth-order valence-corrected chi connectivity index (χ4v) is 3.91. The Bertz CT molecular complexity index is 1100. The Morgan fingerprint density at radius 2 is 1.62 bits per heavy atom. The molecule has 3 rings (SSSR count). The molecule has 32 heavy (non-hydrogen) atoms. The molecule has 0 spiro atoms. The van der Waals surface area contributed by atoms with Gasteiger partial charge in [0.05, 0.1) is 0 Å². The highest BCUT2D eigenvalue weighted by atomic mass is 16.4. The van der Waals surface area contributed by atoms with Crippen molar-refractivity contribution in [2.24, 2.45) is 0 Å². The molecule has 0 N–H and O–H groups in total. The fraction of sp³-hybridized carbons (Fsp3) is 0.481. The van der Waals surface area contributed by atoms with E-state index in [2.05, 4.69) is 79.0 Å². The lowest BCUT2D eigenvalue weighted by Gasteiger charge is -2.27. The number of benzene rings is 1. The molecule has 2 aromatic heterocycles. The van der Waals surface area contributed by atoms with E-state index in [-0.39, 0.29) is 16.2 Å². The summed E-state index contributed by atoms with van der Waals surface area (Å²) >= 11 is 0. The summed E-state index contributed by atoms with van der Waals surface area (Å²) in [6.07, 6.45) is 3.96. The topological polar surface area (TPSA) is 75.6 Å². The van der Waals surface area contributed by atoms with E-state index in [9.17, 15) is 5.26 Å². The van der Waals surface area contributed by atoms with Crippen molar-refractivity contribution in [1.29, 1.82) is 5.26 Å². The molecule has 0 saturated carbocycles. The summed E-state index contributed by atoms with van der Waals surface area (Å²) in [7, 11) is 0. The van der Waals surface area contributed by atoms with Crippen molar-refractivity contribution in [2.45, 2.75) is 84.0 Å². The van der Waals surface area contributed by atoms with E-state index < -0.39 is 0 Å². The molecule has 5 nitrogen and oxygen atoms in total. The third kappa shape index (κ3) is 5.43. The van der Waals surface area contributed by atoms with Gasteiger partial charge in [0.2, 0.25) is 0 Å². The molecule has 0 bridgehead atoms. The number of aryl methyl sites for hydroxylation is 1. The van der Waals surface area contributed by atoms with E-state index in [1.165, 1.54) is 5.56 Å². The normalized spacial score (nSPS) is 12.6. The number of oxazole rings is 1. The van der Waals surface area contributed by atoms with Crippen LogP contribution >= 0.6 is 0 Å². The number of aromatic nitrogens is 3. The van der Waals surface area contributed by atoms with Crippen LogP contribution in [0.25, 0.3) is 0 Å². The fourth-order valence-electron chi connectivity index (χ4n) is 3.91. The van der Waals surface area contributed by atoms with Crippen molar-refractivity contribution in [3.05, 3.63) is 77.0 Å². The Hall–Kier alpha value is -3.00. The molecule has 0 unspecified atom stereocenters. The Labute approximate surface area is 192 Å². The van der Waals surface area contributed by atoms with Crippen LogP contribution in [0.4, 0.5) is 0 Å². The van der Waals surface area contributed by atoms with Crippen molar-refractivity contribution in [1.82, 2.24) is 15.0 Å². The van der Waals surface area contributed by atoms with Crippen molar-refractivity contribution < 1.29 is 4.42 Å². The summed E-state index contributed by atoms with van der Waals surface area (Å²) < 4.78 is 5.97. The first kappa shape index (κ1) is 23.7. The van der Waals surface area contributed by atoms with Crippen LogP contribution in [0.15, 0.2) is 47.1 Å². The molecule has 0 aliphatic carbocycles. The maximum atomic E-state index is 9.42. The molecule has 0 radical (unpaired) electrons. The zero-order chi connectivity index (χ0) is 23.6. The lowest BCUT2D eigenvalue weighted by Crippen LogP contribution is -2.24. The minimum atomic E-state index is -0.251. The average Bonchev–Trinajstić information content (AvgIpc) is 3.17. The molecule has 0 atom stereocenters. The number of rotatable bonds is 7. The summed E-state index contributed by atoms with van der Waals surface area (Å²) in [5.74, 6) is 1.26. The van der Waals surface area contributed by atoms with Gasteiger partial charge < -0.3 is 4.42 Å². The summed E-state index contributed by atoms with van der Waals surface area (Å²) in [6, 6.07) is 14.8. The molecule has 0 fully saturated rings. The molecular formula is C27H34N4O. The SMILES string of the molecule is CC(C)(C)c1oc(CCC(C)(C)c2cc(CC(C)(C)c3ccccc3)ncn2)nc1C#N. The van der Waals surface area contributed by atoms with Gasteiger partial charge in [-0.05, 0) is 29.9 Å². The second kappa shape index (κ2) is 8.86. The summed E-state index contributed by atoms with van der Waals surface area (Å²) in [5.41, 5.74) is 3.27. The molecular weight excluding hydrogens is 396 g/mol. The van der Waals surface area contributed by atoms with Crippen LogP contribution in [0, 0.1) is 11.3 Å². The van der Waals surface area contributed by atoms with Gasteiger partial charge in [0.15, 0.2) is 11.6 Å². The molecule has 0 amide bonds. The van der Waals surface area contributed by atoms with Gasteiger partial charge in [0, 0.05) is 28.6 Å². The maximum absolute atomic E-state index is 9.42. The quantitative estimate of drug-likeness (QED) is 0.455. The standard InChI is InChI=1S/C27H34N4O/c1-25(2,3)24-21(17-28)31-23(32-24)13-14-26(4,5)22-15-20(29-18-30-22)16-27(6,7)19-11-9-8-10-12-19/h8-12,15,18H,13-14,16H2,1-7H3. The second-order valence-electron chi connectivity index (χ2n) is 10.9. The minimum Gasteiger partial charge on any atom is -0.444 e. The Kier molecular flexibility index (Phi) is 6.55. The molecule has 1 aromatic carbocycles. The first-order valence-corrected chi connectivity index (χ1v) is 11.2. The van der Waals surface area contributed by atoms with Crippen molar-refractivity contribution >= 4 is 0 Å². The predicted molar refractivity (Wildman–Crippen MR) is 126 cm³/mol. The number of hydrogen-bond acceptors (Lipinski definition) is 5. The molecule has 168 valence electrons. The zero-order valence-corrected chi connectivity index (χ0v) is 20.4. The van der Waals surface area contributed by atoms with Crippen molar-refractivity contribution in [2.75, 3.05) is 0 Å². The Balaban J connectivity index is 1.75. The van der Waals surface area contributed by atoms with E-state index in [1.807, 2.05) is 26.8 Å². The van der Waals surface area contributed by atoms with Crippen LogP contribution in [0.2, 0.25) is 0 Å². The molecule has 0 aliphatic heterocycles. The van der Waals surface area contributed by atoms with Gasteiger partial charge in [-0.3, -0.25) is 0 Å². The minimum absolute atomic E-state index is 0.0217. The average molecular weight is 431 g/mol. The monoisotopic (exact) mass is 430 g/mol. The van der Waals surface area contributed by atoms with Gasteiger partial charge in [0.25, 0.3) is 0 Å². The van der Waals surface area contributed by atoms with Crippen molar-refractivity contribution in [3.63, 3.8) is 0 Å². The van der Waals surface area contributed by atoms with Crippen LogP contribution in [0.5, 0.6) is 0 Å². The predicted octanol–water partition coefficient (Wildman–Crippen LogP) is 6.06. The van der Waals surface area contributed by atoms with Crippen LogP contribution in [0.1, 0.15) is 89.2 Å². The summed E-state index contributed by atoms with van der Waals surface area (Å²) in [6.45, 7) is 14.9. The summed E-state index contributed by atoms with van der Waals surface area (Å²) in [4.78, 5) is 13.6. The highest BCUT2D eigenvalue weighted by Gasteiger charge is 2.28. The third-order valence-corrected chi connectivity index (χ3v) is 6.02. The highest BCUT2D eigenvalue weighted by Crippen LogP contribution is 2.32. The Morgan fingerprint density at radius 3 is 2.22 bits per heavy atom.